The second kappa shape index (κ2) is 10.9. The number of rotatable bonds is 5. The zero-order valence-corrected chi connectivity index (χ0v) is 21.1. The SMILES string of the molecule is CC[C@H](NC1CCC(C(=O)N2Cc3cccnc3Nc3ccc(N4CCOCC4)cc32)CC1)C(F)(F)F. The van der Waals surface area contributed by atoms with E-state index >= 15 is 0 Å². The minimum absolute atomic E-state index is 0.00115. The standard InChI is InChI=1S/C27H34F3N5O2/c1-2-24(27(28,29)30)32-20-7-5-18(6-8-20)26(36)35-17-19-4-3-11-31-25(19)33-22-10-9-21(16-23(22)35)34-12-14-37-15-13-34/h3-4,9-11,16,18,20,24,32H,2,5-8,12-15,17H2,1H3,(H,31,33)/t18?,20?,24-/m0/s1. The summed E-state index contributed by atoms with van der Waals surface area (Å²) in [6.07, 6.45) is -0.311. The van der Waals surface area contributed by atoms with E-state index in [2.05, 4.69) is 32.7 Å². The smallest absolute Gasteiger partial charge is 0.378 e. The van der Waals surface area contributed by atoms with Crippen LogP contribution in [0.1, 0.15) is 44.6 Å². The van der Waals surface area contributed by atoms with E-state index in [4.69, 9.17) is 4.74 Å². The van der Waals surface area contributed by atoms with Gasteiger partial charge in [-0.3, -0.25) is 4.79 Å². The molecule has 1 saturated heterocycles. The number of aromatic nitrogens is 1. The predicted octanol–water partition coefficient (Wildman–Crippen LogP) is 5.00. The molecule has 2 N–H and O–H groups in total. The number of fused-ring (bicyclic) bond motifs is 2. The molecule has 10 heteroatoms. The van der Waals surface area contributed by atoms with Gasteiger partial charge < -0.3 is 25.2 Å². The van der Waals surface area contributed by atoms with Crippen LogP contribution < -0.4 is 20.4 Å². The van der Waals surface area contributed by atoms with Crippen LogP contribution in [-0.2, 0) is 16.1 Å². The molecule has 1 aromatic carbocycles. The van der Waals surface area contributed by atoms with E-state index in [0.29, 0.717) is 45.4 Å². The highest BCUT2D eigenvalue weighted by Crippen LogP contribution is 2.40. The van der Waals surface area contributed by atoms with Crippen LogP contribution in [0.4, 0.5) is 36.1 Å². The Morgan fingerprint density at radius 2 is 1.95 bits per heavy atom. The highest BCUT2D eigenvalue weighted by molar-refractivity contribution is 6.00. The average Bonchev–Trinajstić information content (AvgIpc) is 3.08. The number of hydrogen-bond donors (Lipinski definition) is 2. The van der Waals surface area contributed by atoms with Gasteiger partial charge in [0.25, 0.3) is 0 Å². The Bertz CT molecular complexity index is 1100. The number of pyridine rings is 1. The van der Waals surface area contributed by atoms with E-state index < -0.39 is 12.2 Å². The number of carbonyl (C=O) groups is 1. The van der Waals surface area contributed by atoms with Gasteiger partial charge in [-0.2, -0.15) is 13.2 Å². The molecular weight excluding hydrogens is 483 g/mol. The number of halogens is 3. The second-order valence-electron chi connectivity index (χ2n) is 10.1. The van der Waals surface area contributed by atoms with Crippen molar-refractivity contribution in [2.24, 2.45) is 5.92 Å². The van der Waals surface area contributed by atoms with Crippen LogP contribution in [0.3, 0.4) is 0 Å². The van der Waals surface area contributed by atoms with Gasteiger partial charge in [-0.15, -0.1) is 0 Å². The van der Waals surface area contributed by atoms with Crippen molar-refractivity contribution in [3.05, 3.63) is 42.1 Å². The van der Waals surface area contributed by atoms with Crippen molar-refractivity contribution in [3.8, 4) is 0 Å². The Balaban J connectivity index is 1.36. The van der Waals surface area contributed by atoms with Gasteiger partial charge in [0.15, 0.2) is 0 Å². The minimum atomic E-state index is -4.26. The van der Waals surface area contributed by atoms with Crippen molar-refractivity contribution in [2.75, 3.05) is 41.4 Å². The number of nitrogens with one attached hydrogen (secondary N) is 2. The Hall–Kier alpha value is -2.85. The molecule has 1 aromatic heterocycles. The van der Waals surface area contributed by atoms with Gasteiger partial charge in [-0.25, -0.2) is 4.98 Å². The normalized spacial score (nSPS) is 22.9. The van der Waals surface area contributed by atoms with Crippen LogP contribution in [0.2, 0.25) is 0 Å². The third-order valence-corrected chi connectivity index (χ3v) is 7.70. The maximum Gasteiger partial charge on any atom is 0.403 e. The summed E-state index contributed by atoms with van der Waals surface area (Å²) in [6.45, 7) is 4.84. The first-order valence-electron chi connectivity index (χ1n) is 13.1. The average molecular weight is 518 g/mol. The van der Waals surface area contributed by atoms with Crippen molar-refractivity contribution in [1.82, 2.24) is 10.3 Å². The number of benzene rings is 1. The van der Waals surface area contributed by atoms with Crippen molar-refractivity contribution in [1.29, 1.82) is 0 Å². The Kier molecular flexibility index (Phi) is 7.57. The summed E-state index contributed by atoms with van der Waals surface area (Å²) >= 11 is 0. The topological polar surface area (TPSA) is 69.7 Å². The first-order chi connectivity index (χ1) is 17.8. The van der Waals surface area contributed by atoms with Gasteiger partial charge in [-0.1, -0.05) is 13.0 Å². The molecule has 3 aliphatic rings. The molecule has 200 valence electrons. The van der Waals surface area contributed by atoms with Crippen LogP contribution >= 0.6 is 0 Å². The van der Waals surface area contributed by atoms with Crippen LogP contribution in [0.15, 0.2) is 36.5 Å². The lowest BCUT2D eigenvalue weighted by Gasteiger charge is -2.35. The van der Waals surface area contributed by atoms with Gasteiger partial charge in [-0.05, 0) is 56.4 Å². The number of amides is 1. The number of carbonyl (C=O) groups excluding carboxylic acids is 1. The van der Waals surface area contributed by atoms with Gasteiger partial charge in [0, 0.05) is 42.5 Å². The Labute approximate surface area is 215 Å². The molecular formula is C27H34F3N5O2. The highest BCUT2D eigenvalue weighted by atomic mass is 19.4. The molecule has 1 aliphatic carbocycles. The maximum atomic E-state index is 14.0. The quantitative estimate of drug-likeness (QED) is 0.582. The number of nitrogens with zero attached hydrogens (tertiary/aromatic N) is 3. The molecule has 2 fully saturated rings. The van der Waals surface area contributed by atoms with E-state index in [0.717, 1.165) is 41.5 Å². The Morgan fingerprint density at radius 1 is 1.19 bits per heavy atom. The molecule has 0 unspecified atom stereocenters. The molecule has 1 atom stereocenters. The van der Waals surface area contributed by atoms with Gasteiger partial charge >= 0.3 is 6.18 Å². The lowest BCUT2D eigenvalue weighted by molar-refractivity contribution is -0.159. The molecule has 2 aliphatic heterocycles. The molecule has 2 aromatic rings. The molecule has 7 nitrogen and oxygen atoms in total. The van der Waals surface area contributed by atoms with Crippen molar-refractivity contribution >= 4 is 28.8 Å². The van der Waals surface area contributed by atoms with Gasteiger partial charge in [0.2, 0.25) is 5.91 Å². The first kappa shape index (κ1) is 25.8. The summed E-state index contributed by atoms with van der Waals surface area (Å²) in [4.78, 5) is 22.5. The van der Waals surface area contributed by atoms with Crippen molar-refractivity contribution in [3.63, 3.8) is 0 Å². The molecule has 0 radical (unpaired) electrons. The number of ether oxygens (including phenoxy) is 1. The van der Waals surface area contributed by atoms with E-state index in [-0.39, 0.29) is 24.3 Å². The molecule has 1 saturated carbocycles. The fraction of sp³-hybridized carbons (Fsp3) is 0.556. The third kappa shape index (κ3) is 5.70. The fourth-order valence-corrected chi connectivity index (χ4v) is 5.58. The van der Waals surface area contributed by atoms with Crippen LogP contribution in [0, 0.1) is 5.92 Å². The highest BCUT2D eigenvalue weighted by Gasteiger charge is 2.40. The second-order valence-corrected chi connectivity index (χ2v) is 10.1. The van der Waals surface area contributed by atoms with E-state index in [1.165, 1.54) is 0 Å². The van der Waals surface area contributed by atoms with Crippen molar-refractivity contribution < 1.29 is 22.7 Å². The summed E-state index contributed by atoms with van der Waals surface area (Å²) in [5.41, 5.74) is 3.57. The molecule has 1 amide bonds. The van der Waals surface area contributed by atoms with E-state index in [1.54, 1.807) is 13.1 Å². The monoisotopic (exact) mass is 517 g/mol. The zero-order valence-electron chi connectivity index (χ0n) is 21.1. The number of morpholine rings is 1. The molecule has 37 heavy (non-hydrogen) atoms. The summed E-state index contributed by atoms with van der Waals surface area (Å²) in [6, 6.07) is 8.19. The number of alkyl halides is 3. The molecule has 3 heterocycles. The van der Waals surface area contributed by atoms with Crippen molar-refractivity contribution in [2.45, 2.75) is 63.8 Å². The number of anilines is 4. The lowest BCUT2D eigenvalue weighted by atomic mass is 9.84. The largest absolute Gasteiger partial charge is 0.403 e. The van der Waals surface area contributed by atoms with E-state index in [1.807, 2.05) is 23.1 Å². The predicted molar refractivity (Wildman–Crippen MR) is 137 cm³/mol. The molecule has 0 bridgehead atoms. The number of hydrogen-bond acceptors (Lipinski definition) is 6. The van der Waals surface area contributed by atoms with Gasteiger partial charge in [0.1, 0.15) is 11.9 Å². The summed E-state index contributed by atoms with van der Waals surface area (Å²) in [7, 11) is 0. The molecule has 5 rings (SSSR count). The zero-order chi connectivity index (χ0) is 26.0. The maximum absolute atomic E-state index is 14.0. The Morgan fingerprint density at radius 3 is 2.65 bits per heavy atom. The first-order valence-corrected chi connectivity index (χ1v) is 13.1. The van der Waals surface area contributed by atoms with Crippen LogP contribution in [-0.4, -0.2) is 55.5 Å². The van der Waals surface area contributed by atoms with Crippen LogP contribution in [0.5, 0.6) is 0 Å². The summed E-state index contributed by atoms with van der Waals surface area (Å²) in [5, 5.41) is 6.19. The summed E-state index contributed by atoms with van der Waals surface area (Å²) in [5.74, 6) is 0.506. The van der Waals surface area contributed by atoms with E-state index in [9.17, 15) is 18.0 Å². The fourth-order valence-electron chi connectivity index (χ4n) is 5.58. The molecule has 0 spiro atoms. The van der Waals surface area contributed by atoms with Gasteiger partial charge in [0.05, 0.1) is 31.1 Å². The minimum Gasteiger partial charge on any atom is -0.378 e. The van der Waals surface area contributed by atoms with Crippen LogP contribution in [0.25, 0.3) is 0 Å². The summed E-state index contributed by atoms with van der Waals surface area (Å²) < 4.78 is 45.2. The third-order valence-electron chi connectivity index (χ3n) is 7.70. The lowest BCUT2D eigenvalue weighted by Crippen LogP contribution is -2.49.